The van der Waals surface area contributed by atoms with E-state index in [9.17, 15) is 8.42 Å². The Bertz CT molecular complexity index is 1100. The average molecular weight is 401 g/mol. The van der Waals surface area contributed by atoms with Gasteiger partial charge in [-0.15, -0.1) is 0 Å². The van der Waals surface area contributed by atoms with Crippen molar-refractivity contribution in [2.45, 2.75) is 23.1 Å². The van der Waals surface area contributed by atoms with Gasteiger partial charge in [0.1, 0.15) is 16.5 Å². The average Bonchev–Trinajstić information content (AvgIpc) is 3.09. The van der Waals surface area contributed by atoms with Crippen molar-refractivity contribution in [3.05, 3.63) is 42.1 Å². The number of piperazine rings is 1. The van der Waals surface area contributed by atoms with E-state index in [1.54, 1.807) is 36.4 Å². The predicted octanol–water partition coefficient (Wildman–Crippen LogP) is 1.46. The summed E-state index contributed by atoms with van der Waals surface area (Å²) >= 11 is 0. The fourth-order valence-electron chi connectivity index (χ4n) is 3.47. The van der Waals surface area contributed by atoms with Crippen LogP contribution in [-0.2, 0) is 16.3 Å². The van der Waals surface area contributed by atoms with Crippen molar-refractivity contribution < 1.29 is 8.42 Å². The highest BCUT2D eigenvalue weighted by atomic mass is 32.2. The highest BCUT2D eigenvalue weighted by molar-refractivity contribution is 7.91. The molecule has 0 saturated carbocycles. The van der Waals surface area contributed by atoms with E-state index >= 15 is 0 Å². The molecule has 8 nitrogen and oxygen atoms in total. The van der Waals surface area contributed by atoms with Gasteiger partial charge in [-0.25, -0.2) is 13.4 Å². The Labute approximate surface area is 164 Å². The van der Waals surface area contributed by atoms with Crippen LogP contribution in [0, 0.1) is 0 Å². The Morgan fingerprint density at radius 2 is 1.79 bits per heavy atom. The third-order valence-electron chi connectivity index (χ3n) is 5.11. The number of likely N-dealkylation sites (N-methyl/N-ethyl adjacent to an activating group) is 1. The van der Waals surface area contributed by atoms with E-state index in [0.717, 1.165) is 26.2 Å². The first-order valence-corrected chi connectivity index (χ1v) is 10.8. The molecule has 148 valence electrons. The Morgan fingerprint density at radius 3 is 2.43 bits per heavy atom. The quantitative estimate of drug-likeness (QED) is 0.708. The zero-order chi connectivity index (χ0) is 19.9. The van der Waals surface area contributed by atoms with E-state index in [0.29, 0.717) is 23.8 Å². The summed E-state index contributed by atoms with van der Waals surface area (Å²) in [5.41, 5.74) is 7.00. The number of nitrogens with two attached hydrogens (primary N) is 1. The van der Waals surface area contributed by atoms with Gasteiger partial charge in [0, 0.05) is 32.2 Å². The summed E-state index contributed by atoms with van der Waals surface area (Å²) in [4.78, 5) is 9.44. The lowest BCUT2D eigenvalue weighted by atomic mass is 10.3. The summed E-state index contributed by atoms with van der Waals surface area (Å²) in [6, 6.07) is 10.2. The minimum Gasteiger partial charge on any atom is -0.383 e. The van der Waals surface area contributed by atoms with Gasteiger partial charge in [0.15, 0.2) is 5.65 Å². The molecule has 1 saturated heterocycles. The molecule has 3 aromatic rings. The number of hydrogen-bond donors (Lipinski definition) is 1. The van der Waals surface area contributed by atoms with Gasteiger partial charge in [0.25, 0.3) is 0 Å². The normalized spacial score (nSPS) is 16.0. The molecule has 0 amide bonds. The van der Waals surface area contributed by atoms with Crippen molar-refractivity contribution in [3.8, 4) is 0 Å². The Kier molecular flexibility index (Phi) is 4.72. The Balaban J connectivity index is 1.90. The molecule has 0 bridgehead atoms. The van der Waals surface area contributed by atoms with Gasteiger partial charge in [-0.1, -0.05) is 25.1 Å². The second-order valence-corrected chi connectivity index (χ2v) is 8.90. The maximum atomic E-state index is 13.4. The van der Waals surface area contributed by atoms with Gasteiger partial charge in [-0.2, -0.15) is 9.61 Å². The highest BCUT2D eigenvalue weighted by Crippen LogP contribution is 2.30. The minimum atomic E-state index is -3.77. The fraction of sp³-hybridized carbons (Fsp3) is 0.368. The standard InChI is InChI=1S/C19H24N6O2S/c1-3-15-18(28(26,27)14-7-5-4-6-8-14)19-21-17(13-16(20)25(19)22-15)24-11-9-23(2)10-12-24/h4-8,13H,3,9-12,20H2,1-2H3. The van der Waals surface area contributed by atoms with Crippen molar-refractivity contribution in [2.24, 2.45) is 0 Å². The van der Waals surface area contributed by atoms with Crippen molar-refractivity contribution in [2.75, 3.05) is 43.9 Å². The summed E-state index contributed by atoms with van der Waals surface area (Å²) in [5.74, 6) is 1.06. The van der Waals surface area contributed by atoms with Crippen LogP contribution < -0.4 is 10.6 Å². The van der Waals surface area contributed by atoms with Crippen LogP contribution in [-0.4, -0.2) is 61.1 Å². The first kappa shape index (κ1) is 18.7. The number of hydrogen-bond acceptors (Lipinski definition) is 7. The molecule has 0 spiro atoms. The van der Waals surface area contributed by atoms with Crippen LogP contribution in [0.1, 0.15) is 12.6 Å². The predicted molar refractivity (Wildman–Crippen MR) is 108 cm³/mol. The number of sulfone groups is 1. The lowest BCUT2D eigenvalue weighted by Crippen LogP contribution is -2.44. The van der Waals surface area contributed by atoms with Crippen molar-refractivity contribution in [1.29, 1.82) is 0 Å². The maximum Gasteiger partial charge on any atom is 0.212 e. The molecule has 4 rings (SSSR count). The molecular weight excluding hydrogens is 376 g/mol. The van der Waals surface area contributed by atoms with Crippen LogP contribution in [0.25, 0.3) is 5.65 Å². The molecule has 28 heavy (non-hydrogen) atoms. The molecular formula is C19H24N6O2S. The number of nitrogens with zero attached hydrogens (tertiary/aromatic N) is 5. The van der Waals surface area contributed by atoms with Crippen molar-refractivity contribution in [3.63, 3.8) is 0 Å². The fourth-order valence-corrected chi connectivity index (χ4v) is 5.09. The first-order valence-electron chi connectivity index (χ1n) is 9.33. The van der Waals surface area contributed by atoms with Crippen molar-refractivity contribution >= 4 is 27.1 Å². The third-order valence-corrected chi connectivity index (χ3v) is 6.96. The molecule has 0 radical (unpaired) electrons. The lowest BCUT2D eigenvalue weighted by Gasteiger charge is -2.33. The minimum absolute atomic E-state index is 0.142. The molecule has 0 unspecified atom stereocenters. The summed E-state index contributed by atoms with van der Waals surface area (Å²) < 4.78 is 28.2. The van der Waals surface area contributed by atoms with Crippen LogP contribution in [0.3, 0.4) is 0 Å². The molecule has 0 atom stereocenters. The SMILES string of the molecule is CCc1nn2c(N)cc(N3CCN(C)CC3)nc2c1S(=O)(=O)c1ccccc1. The smallest absolute Gasteiger partial charge is 0.212 e. The molecule has 1 fully saturated rings. The highest BCUT2D eigenvalue weighted by Gasteiger charge is 2.29. The van der Waals surface area contributed by atoms with Crippen LogP contribution >= 0.6 is 0 Å². The van der Waals surface area contributed by atoms with Crippen LogP contribution in [0.2, 0.25) is 0 Å². The van der Waals surface area contributed by atoms with E-state index < -0.39 is 9.84 Å². The second-order valence-electron chi connectivity index (χ2n) is 7.01. The van der Waals surface area contributed by atoms with E-state index in [1.807, 2.05) is 6.92 Å². The van der Waals surface area contributed by atoms with E-state index in [1.165, 1.54) is 4.52 Å². The number of aryl methyl sites for hydroxylation is 1. The number of rotatable bonds is 4. The van der Waals surface area contributed by atoms with E-state index in [-0.39, 0.29) is 15.4 Å². The van der Waals surface area contributed by atoms with Crippen molar-refractivity contribution in [1.82, 2.24) is 19.5 Å². The molecule has 2 aromatic heterocycles. The van der Waals surface area contributed by atoms with E-state index in [4.69, 9.17) is 10.7 Å². The summed E-state index contributed by atoms with van der Waals surface area (Å²) in [6.45, 7) is 5.34. The maximum absolute atomic E-state index is 13.4. The van der Waals surface area contributed by atoms with Crippen LogP contribution in [0.15, 0.2) is 46.2 Å². The van der Waals surface area contributed by atoms with Gasteiger partial charge < -0.3 is 15.5 Å². The van der Waals surface area contributed by atoms with E-state index in [2.05, 4.69) is 21.9 Å². The molecule has 1 aliphatic heterocycles. The number of aromatic nitrogens is 3. The molecule has 0 aliphatic carbocycles. The first-order chi connectivity index (χ1) is 13.4. The molecule has 1 aromatic carbocycles. The zero-order valence-corrected chi connectivity index (χ0v) is 16.9. The number of benzene rings is 1. The van der Waals surface area contributed by atoms with Gasteiger partial charge >= 0.3 is 0 Å². The zero-order valence-electron chi connectivity index (χ0n) is 16.0. The molecule has 9 heteroatoms. The second kappa shape index (κ2) is 7.06. The third kappa shape index (κ3) is 3.10. The number of anilines is 2. The van der Waals surface area contributed by atoms with Crippen LogP contribution in [0.5, 0.6) is 0 Å². The molecule has 1 aliphatic rings. The number of nitrogen functional groups attached to an aromatic ring is 1. The van der Waals surface area contributed by atoms with Gasteiger partial charge in [-0.05, 0) is 25.6 Å². The summed E-state index contributed by atoms with van der Waals surface area (Å²) in [6.07, 6.45) is 0.466. The summed E-state index contributed by atoms with van der Waals surface area (Å²) in [7, 11) is -1.69. The summed E-state index contributed by atoms with van der Waals surface area (Å²) in [5, 5.41) is 4.44. The van der Waals surface area contributed by atoms with Gasteiger partial charge in [-0.3, -0.25) is 0 Å². The molecule has 3 heterocycles. The Morgan fingerprint density at radius 1 is 1.11 bits per heavy atom. The monoisotopic (exact) mass is 400 g/mol. The largest absolute Gasteiger partial charge is 0.383 e. The molecule has 2 N–H and O–H groups in total. The Hall–Kier alpha value is -2.65. The topological polar surface area (TPSA) is 96.8 Å². The lowest BCUT2D eigenvalue weighted by molar-refractivity contribution is 0.312. The van der Waals surface area contributed by atoms with Gasteiger partial charge in [0.2, 0.25) is 9.84 Å². The van der Waals surface area contributed by atoms with Crippen LogP contribution in [0.4, 0.5) is 11.6 Å². The number of fused-ring (bicyclic) bond motifs is 1. The van der Waals surface area contributed by atoms with Gasteiger partial charge in [0.05, 0.1) is 10.6 Å².